The minimum atomic E-state index is -4.89. The van der Waals surface area contributed by atoms with E-state index in [0.717, 1.165) is 44.2 Å². The van der Waals surface area contributed by atoms with Gasteiger partial charge in [-0.15, -0.1) is 13.2 Å². The van der Waals surface area contributed by atoms with E-state index in [-0.39, 0.29) is 23.1 Å². The van der Waals surface area contributed by atoms with Crippen LogP contribution in [0.15, 0.2) is 29.2 Å². The molecule has 0 heterocycles. The molecule has 2 aliphatic carbocycles. The van der Waals surface area contributed by atoms with Crippen molar-refractivity contribution in [3.05, 3.63) is 24.3 Å². The Morgan fingerprint density at radius 2 is 1.87 bits per heavy atom. The highest BCUT2D eigenvalue weighted by atomic mass is 32.2. The summed E-state index contributed by atoms with van der Waals surface area (Å²) in [5.41, 5.74) is 5.84. The molecule has 0 spiro atoms. The van der Waals surface area contributed by atoms with Gasteiger partial charge in [0, 0.05) is 18.5 Å². The molecule has 3 N–H and O–H groups in total. The number of rotatable bonds is 7. The number of carbonyl (C=O) groups is 1. The molecule has 0 unspecified atom stereocenters. The van der Waals surface area contributed by atoms with E-state index >= 15 is 0 Å². The molecule has 2 saturated carbocycles. The Balaban J connectivity index is 1.48. The standard InChI is InChI=1S/C20H27F3N2O4S/c21-20(22,23)29-15-5-4-6-16(11-15)30(27,28)17-9-14(10-17)13-25-18(26)12-19(24)7-2-1-3-8-19/h4-6,11,14,17H,1-3,7-10,12-13,24H2,(H,25,26)/t14-,17-. The average Bonchev–Trinajstić information content (AvgIpc) is 2.59. The van der Waals surface area contributed by atoms with Gasteiger partial charge in [-0.25, -0.2) is 8.42 Å². The lowest BCUT2D eigenvalue weighted by molar-refractivity contribution is -0.274. The maximum absolute atomic E-state index is 12.7. The maximum atomic E-state index is 12.7. The third-order valence-corrected chi connectivity index (χ3v) is 8.12. The molecule has 1 amide bonds. The number of hydrogen-bond acceptors (Lipinski definition) is 5. The fourth-order valence-electron chi connectivity index (χ4n) is 4.21. The van der Waals surface area contributed by atoms with E-state index in [1.165, 1.54) is 12.1 Å². The molecule has 0 aromatic heterocycles. The van der Waals surface area contributed by atoms with Gasteiger partial charge in [0.25, 0.3) is 0 Å². The minimum absolute atomic E-state index is 0.0170. The van der Waals surface area contributed by atoms with Crippen molar-refractivity contribution in [2.24, 2.45) is 11.7 Å². The van der Waals surface area contributed by atoms with Crippen LogP contribution < -0.4 is 15.8 Å². The molecular formula is C20H27F3N2O4S. The molecule has 6 nitrogen and oxygen atoms in total. The molecule has 3 rings (SSSR count). The number of nitrogens with two attached hydrogens (primary N) is 1. The lowest BCUT2D eigenvalue weighted by atomic mass is 9.80. The van der Waals surface area contributed by atoms with Gasteiger partial charge in [-0.3, -0.25) is 4.79 Å². The smallest absolute Gasteiger partial charge is 0.406 e. The molecule has 30 heavy (non-hydrogen) atoms. The summed E-state index contributed by atoms with van der Waals surface area (Å²) in [7, 11) is -3.76. The summed E-state index contributed by atoms with van der Waals surface area (Å²) in [4.78, 5) is 12.0. The minimum Gasteiger partial charge on any atom is -0.406 e. The summed E-state index contributed by atoms with van der Waals surface area (Å²) < 4.78 is 66.3. The Morgan fingerprint density at radius 3 is 2.50 bits per heavy atom. The first-order valence-electron chi connectivity index (χ1n) is 10.1. The van der Waals surface area contributed by atoms with Crippen LogP contribution in [0, 0.1) is 5.92 Å². The van der Waals surface area contributed by atoms with Crippen molar-refractivity contribution < 1.29 is 31.1 Å². The van der Waals surface area contributed by atoms with Crippen LogP contribution >= 0.6 is 0 Å². The fourth-order valence-corrected chi connectivity index (χ4v) is 6.19. The van der Waals surface area contributed by atoms with Gasteiger partial charge in [0.1, 0.15) is 5.75 Å². The van der Waals surface area contributed by atoms with Crippen LogP contribution in [0.1, 0.15) is 51.4 Å². The first kappa shape index (κ1) is 22.9. The van der Waals surface area contributed by atoms with Gasteiger partial charge in [-0.05, 0) is 49.8 Å². The summed E-state index contributed by atoms with van der Waals surface area (Å²) in [6.45, 7) is 0.373. The third-order valence-electron chi connectivity index (χ3n) is 5.95. The summed E-state index contributed by atoms with van der Waals surface area (Å²) in [6, 6.07) is 4.43. The van der Waals surface area contributed by atoms with E-state index in [9.17, 15) is 26.4 Å². The number of amides is 1. The number of sulfone groups is 1. The molecule has 168 valence electrons. The monoisotopic (exact) mass is 448 g/mol. The van der Waals surface area contributed by atoms with Crippen molar-refractivity contribution in [1.29, 1.82) is 0 Å². The molecule has 2 aliphatic rings. The molecule has 0 radical (unpaired) electrons. The van der Waals surface area contributed by atoms with E-state index in [2.05, 4.69) is 10.1 Å². The lowest BCUT2D eigenvalue weighted by Gasteiger charge is -2.36. The first-order chi connectivity index (χ1) is 14.0. The summed E-state index contributed by atoms with van der Waals surface area (Å²) in [6.07, 6.45) is 0.950. The summed E-state index contributed by atoms with van der Waals surface area (Å²) >= 11 is 0. The van der Waals surface area contributed by atoms with E-state index < -0.39 is 32.7 Å². The Hall–Kier alpha value is -1.81. The topological polar surface area (TPSA) is 98.5 Å². The average molecular weight is 449 g/mol. The molecule has 2 fully saturated rings. The van der Waals surface area contributed by atoms with Crippen LogP contribution in [-0.4, -0.2) is 38.0 Å². The van der Waals surface area contributed by atoms with Gasteiger partial charge < -0.3 is 15.8 Å². The molecule has 0 aliphatic heterocycles. The van der Waals surface area contributed by atoms with Crippen molar-refractivity contribution in [2.75, 3.05) is 6.54 Å². The second-order valence-corrected chi connectivity index (χ2v) is 10.7. The predicted molar refractivity (Wildman–Crippen MR) is 104 cm³/mol. The van der Waals surface area contributed by atoms with E-state index in [1.54, 1.807) is 0 Å². The van der Waals surface area contributed by atoms with Crippen LogP contribution in [0.2, 0.25) is 0 Å². The number of alkyl halides is 3. The third kappa shape index (κ3) is 5.87. The second kappa shape index (κ2) is 8.74. The fraction of sp³-hybridized carbons (Fsp3) is 0.650. The largest absolute Gasteiger partial charge is 0.573 e. The van der Waals surface area contributed by atoms with Crippen molar-refractivity contribution in [1.82, 2.24) is 5.32 Å². The molecule has 0 bridgehead atoms. The first-order valence-corrected chi connectivity index (χ1v) is 11.7. The second-order valence-electron chi connectivity index (χ2n) is 8.43. The van der Waals surface area contributed by atoms with Gasteiger partial charge >= 0.3 is 6.36 Å². The van der Waals surface area contributed by atoms with Crippen LogP contribution in [-0.2, 0) is 14.6 Å². The van der Waals surface area contributed by atoms with Crippen molar-refractivity contribution in [3.8, 4) is 5.75 Å². The Labute approximate surface area is 174 Å². The number of nitrogens with one attached hydrogen (secondary N) is 1. The summed E-state index contributed by atoms with van der Waals surface area (Å²) in [5.74, 6) is -0.670. The zero-order valence-electron chi connectivity index (χ0n) is 16.6. The van der Waals surface area contributed by atoms with Crippen LogP contribution in [0.5, 0.6) is 5.75 Å². The van der Waals surface area contributed by atoms with E-state index in [1.807, 2.05) is 0 Å². The number of benzene rings is 1. The molecule has 0 atom stereocenters. The van der Waals surface area contributed by atoms with Crippen molar-refractivity contribution in [2.45, 2.75) is 73.4 Å². The molecule has 10 heteroatoms. The van der Waals surface area contributed by atoms with Crippen molar-refractivity contribution in [3.63, 3.8) is 0 Å². The zero-order chi connectivity index (χ0) is 22.0. The van der Waals surface area contributed by atoms with Crippen LogP contribution in [0.4, 0.5) is 13.2 Å². The number of halogens is 3. The Bertz CT molecular complexity index is 861. The number of carbonyl (C=O) groups excluding carboxylic acids is 1. The molecular weight excluding hydrogens is 421 g/mol. The van der Waals surface area contributed by atoms with Crippen molar-refractivity contribution >= 4 is 15.7 Å². The quantitative estimate of drug-likeness (QED) is 0.667. The highest BCUT2D eigenvalue weighted by Gasteiger charge is 2.40. The van der Waals surface area contributed by atoms with Gasteiger partial charge in [0.2, 0.25) is 5.91 Å². The van der Waals surface area contributed by atoms with Crippen LogP contribution in [0.25, 0.3) is 0 Å². The van der Waals surface area contributed by atoms with E-state index in [0.29, 0.717) is 19.4 Å². The van der Waals surface area contributed by atoms with Gasteiger partial charge in [0.05, 0.1) is 10.1 Å². The van der Waals surface area contributed by atoms with Gasteiger partial charge in [-0.1, -0.05) is 25.3 Å². The maximum Gasteiger partial charge on any atom is 0.573 e. The lowest BCUT2D eigenvalue weighted by Crippen LogP contribution is -2.47. The van der Waals surface area contributed by atoms with Crippen LogP contribution in [0.3, 0.4) is 0 Å². The molecule has 1 aromatic carbocycles. The van der Waals surface area contributed by atoms with Gasteiger partial charge in [-0.2, -0.15) is 0 Å². The highest BCUT2D eigenvalue weighted by Crippen LogP contribution is 2.37. The Kier molecular flexibility index (Phi) is 6.66. The number of hydrogen-bond donors (Lipinski definition) is 2. The SMILES string of the molecule is NC1(CC(=O)NC[C@H]2C[C@H](S(=O)(=O)c3cccc(OC(F)(F)F)c3)C2)CCCCC1. The van der Waals surface area contributed by atoms with Gasteiger partial charge in [0.15, 0.2) is 9.84 Å². The Morgan fingerprint density at radius 1 is 1.20 bits per heavy atom. The normalized spacial score (nSPS) is 24.0. The molecule has 0 saturated heterocycles. The zero-order valence-corrected chi connectivity index (χ0v) is 17.4. The predicted octanol–water partition coefficient (Wildman–Crippen LogP) is 3.31. The van der Waals surface area contributed by atoms with E-state index in [4.69, 9.17) is 5.73 Å². The number of ether oxygens (including phenoxy) is 1. The molecule has 1 aromatic rings. The summed E-state index contributed by atoms with van der Waals surface area (Å²) in [5, 5.41) is 2.16. The highest BCUT2D eigenvalue weighted by molar-refractivity contribution is 7.92.